The predicted octanol–water partition coefficient (Wildman–Crippen LogP) is 5.57. The predicted molar refractivity (Wildman–Crippen MR) is 189 cm³/mol. The molecule has 1 amide bonds. The van der Waals surface area contributed by atoms with Gasteiger partial charge in [0.25, 0.3) is 5.56 Å². The number of carbonyl (C=O) groups excluding carboxylic acids is 1. The molecule has 2 aliphatic rings. The highest BCUT2D eigenvalue weighted by Gasteiger charge is 2.59. The number of likely N-dealkylation sites (tertiary alicyclic amines) is 1. The van der Waals surface area contributed by atoms with Gasteiger partial charge in [0, 0.05) is 56.3 Å². The van der Waals surface area contributed by atoms with Gasteiger partial charge in [0.15, 0.2) is 5.54 Å². The third kappa shape index (κ3) is 5.34. The van der Waals surface area contributed by atoms with Crippen LogP contribution in [0.15, 0.2) is 90.1 Å². The van der Waals surface area contributed by atoms with E-state index in [4.69, 9.17) is 14.2 Å². The number of benzene rings is 3. The van der Waals surface area contributed by atoms with Gasteiger partial charge in [-0.2, -0.15) is 0 Å². The number of nitrogens with zero attached hydrogens (tertiary/aromatic N) is 3. The Hall–Kier alpha value is -5.68. The number of aliphatic carboxylic acids is 1. The Kier molecular flexibility index (Phi) is 8.53. The standard InChI is InChI=1S/C39H38N4O7/c1-5-35-39(37(45)46,41-38(47)50-21-32-26-12-8-6-10-24(26)25-11-7-9-13-27(25)32)22-43(35)20-31-33(48-3)16-23(17-34(31)49-4)30-19-42(2)36(44)29-18-40-15-14-28(29)30/h6-19,32,35H,5,20-22H2,1-4H3,(H,41,47)(H,45,46). The van der Waals surface area contributed by atoms with Crippen LogP contribution < -0.4 is 20.3 Å². The van der Waals surface area contributed by atoms with Gasteiger partial charge in [0.2, 0.25) is 0 Å². The molecule has 1 aliphatic carbocycles. The molecule has 2 aromatic heterocycles. The van der Waals surface area contributed by atoms with Gasteiger partial charge in [-0.05, 0) is 57.8 Å². The van der Waals surface area contributed by atoms with E-state index < -0.39 is 23.6 Å². The number of rotatable bonds is 10. The zero-order valence-corrected chi connectivity index (χ0v) is 28.3. The molecule has 1 saturated heterocycles. The fourth-order valence-electron chi connectivity index (χ4n) is 7.75. The van der Waals surface area contributed by atoms with Crippen LogP contribution in [0.1, 0.15) is 36.0 Å². The van der Waals surface area contributed by atoms with Crippen molar-refractivity contribution in [3.8, 4) is 33.8 Å². The number of amides is 1. The van der Waals surface area contributed by atoms with Crippen molar-refractivity contribution in [3.05, 3.63) is 112 Å². The number of nitrogens with one attached hydrogen (secondary N) is 1. The minimum atomic E-state index is -1.54. The molecule has 256 valence electrons. The van der Waals surface area contributed by atoms with Gasteiger partial charge in [0.1, 0.15) is 18.1 Å². The summed E-state index contributed by atoms with van der Waals surface area (Å²) < 4.78 is 19.0. The Morgan fingerprint density at radius 1 is 0.960 bits per heavy atom. The summed E-state index contributed by atoms with van der Waals surface area (Å²) in [6, 6.07) is 21.1. The van der Waals surface area contributed by atoms with Crippen LogP contribution in [-0.2, 0) is 23.1 Å². The molecule has 50 heavy (non-hydrogen) atoms. The number of aromatic nitrogens is 2. The number of carbonyl (C=O) groups is 2. The molecule has 1 fully saturated rings. The van der Waals surface area contributed by atoms with Gasteiger partial charge in [-0.3, -0.25) is 14.7 Å². The molecule has 3 aromatic carbocycles. The van der Waals surface area contributed by atoms with Crippen LogP contribution in [0.3, 0.4) is 0 Å². The summed E-state index contributed by atoms with van der Waals surface area (Å²) >= 11 is 0. The molecule has 2 N–H and O–H groups in total. The fourth-order valence-corrected chi connectivity index (χ4v) is 7.75. The summed E-state index contributed by atoms with van der Waals surface area (Å²) in [6.07, 6.45) is 4.67. The SMILES string of the molecule is CCC1N(Cc2c(OC)cc(-c3cn(C)c(=O)c4cnccc34)cc2OC)CC1(NC(=O)OCC1c2ccccc2-c2ccccc21)C(=O)O. The first-order chi connectivity index (χ1) is 24.2. The molecule has 11 nitrogen and oxygen atoms in total. The Balaban J connectivity index is 1.11. The number of carboxylic acid groups (broad SMARTS) is 1. The average Bonchev–Trinajstić information content (AvgIpc) is 3.44. The van der Waals surface area contributed by atoms with Crippen molar-refractivity contribution in [2.75, 3.05) is 27.4 Å². The van der Waals surface area contributed by atoms with Crippen LogP contribution in [-0.4, -0.2) is 70.6 Å². The fraction of sp³-hybridized carbons (Fsp3) is 0.282. The zero-order chi connectivity index (χ0) is 35.2. The second-order valence-corrected chi connectivity index (χ2v) is 12.8. The molecule has 0 spiro atoms. The van der Waals surface area contributed by atoms with Gasteiger partial charge in [-0.1, -0.05) is 55.5 Å². The van der Waals surface area contributed by atoms with Gasteiger partial charge in [-0.25, -0.2) is 9.59 Å². The highest BCUT2D eigenvalue weighted by Crippen LogP contribution is 2.45. The number of methoxy groups -OCH3 is 2. The molecular weight excluding hydrogens is 636 g/mol. The van der Waals surface area contributed by atoms with Crippen molar-refractivity contribution in [1.82, 2.24) is 19.8 Å². The van der Waals surface area contributed by atoms with E-state index in [2.05, 4.69) is 22.4 Å². The number of ether oxygens (including phenoxy) is 3. The third-order valence-corrected chi connectivity index (χ3v) is 10.2. The van der Waals surface area contributed by atoms with Gasteiger partial charge in [-0.15, -0.1) is 0 Å². The van der Waals surface area contributed by atoms with E-state index in [0.29, 0.717) is 29.9 Å². The number of aryl methyl sites for hydroxylation is 1. The van der Waals surface area contributed by atoms with Crippen molar-refractivity contribution < 1.29 is 28.9 Å². The quantitative estimate of drug-likeness (QED) is 0.195. The zero-order valence-electron chi connectivity index (χ0n) is 28.3. The molecule has 0 saturated carbocycles. The molecule has 3 heterocycles. The van der Waals surface area contributed by atoms with Gasteiger partial charge in [0.05, 0.1) is 25.2 Å². The maximum absolute atomic E-state index is 13.3. The normalized spacial score (nSPS) is 18.2. The number of hydrogen-bond acceptors (Lipinski definition) is 8. The average molecular weight is 675 g/mol. The van der Waals surface area contributed by atoms with E-state index in [1.807, 2.05) is 60.4 Å². The lowest BCUT2D eigenvalue weighted by Crippen LogP contribution is -2.79. The largest absolute Gasteiger partial charge is 0.496 e. The second kappa shape index (κ2) is 13.0. The second-order valence-electron chi connectivity index (χ2n) is 12.8. The first-order valence-corrected chi connectivity index (χ1v) is 16.5. The molecule has 1 aliphatic heterocycles. The number of fused-ring (bicyclic) bond motifs is 4. The summed E-state index contributed by atoms with van der Waals surface area (Å²) in [5, 5.41) is 14.5. The molecule has 0 radical (unpaired) electrons. The molecule has 7 rings (SSSR count). The first kappa shape index (κ1) is 32.8. The highest BCUT2D eigenvalue weighted by atomic mass is 16.5. The molecule has 2 atom stereocenters. The van der Waals surface area contributed by atoms with Crippen molar-refractivity contribution in [1.29, 1.82) is 0 Å². The van der Waals surface area contributed by atoms with E-state index in [-0.39, 0.29) is 24.6 Å². The Morgan fingerprint density at radius 3 is 2.20 bits per heavy atom. The lowest BCUT2D eigenvalue weighted by Gasteiger charge is -2.54. The maximum atomic E-state index is 13.3. The van der Waals surface area contributed by atoms with Gasteiger partial charge < -0.3 is 29.2 Å². The molecule has 2 unspecified atom stereocenters. The first-order valence-electron chi connectivity index (χ1n) is 16.5. The van der Waals surface area contributed by atoms with Crippen LogP contribution in [0, 0.1) is 0 Å². The highest BCUT2D eigenvalue weighted by molar-refractivity contribution is 5.96. The van der Waals surface area contributed by atoms with E-state index in [0.717, 1.165) is 44.3 Å². The van der Waals surface area contributed by atoms with Crippen LogP contribution in [0.4, 0.5) is 4.79 Å². The molecule has 0 bridgehead atoms. The Morgan fingerprint density at radius 2 is 1.60 bits per heavy atom. The lowest BCUT2D eigenvalue weighted by molar-refractivity contribution is -0.160. The van der Waals surface area contributed by atoms with Crippen LogP contribution >= 0.6 is 0 Å². The molecule has 5 aromatic rings. The number of hydrogen-bond donors (Lipinski definition) is 2. The molecule has 11 heteroatoms. The van der Waals surface area contributed by atoms with Crippen LogP contribution in [0.25, 0.3) is 33.0 Å². The minimum absolute atomic E-state index is 0.0531. The van der Waals surface area contributed by atoms with Crippen LogP contribution in [0.5, 0.6) is 11.5 Å². The van der Waals surface area contributed by atoms with E-state index in [1.54, 1.807) is 45.9 Å². The maximum Gasteiger partial charge on any atom is 0.408 e. The summed E-state index contributed by atoms with van der Waals surface area (Å²) in [5.41, 5.74) is 4.99. The Bertz CT molecular complexity index is 2130. The third-order valence-electron chi connectivity index (χ3n) is 10.2. The van der Waals surface area contributed by atoms with Crippen LogP contribution in [0.2, 0.25) is 0 Å². The smallest absolute Gasteiger partial charge is 0.408 e. The number of pyridine rings is 2. The van der Waals surface area contributed by atoms with E-state index in [9.17, 15) is 19.5 Å². The van der Waals surface area contributed by atoms with Crippen molar-refractivity contribution in [2.24, 2.45) is 7.05 Å². The Labute approximate surface area is 289 Å². The number of carboxylic acids is 1. The summed E-state index contributed by atoms with van der Waals surface area (Å²) in [4.78, 5) is 45.0. The minimum Gasteiger partial charge on any atom is -0.496 e. The van der Waals surface area contributed by atoms with E-state index in [1.165, 1.54) is 4.57 Å². The van der Waals surface area contributed by atoms with Crippen molar-refractivity contribution in [2.45, 2.75) is 37.4 Å². The monoisotopic (exact) mass is 674 g/mol. The summed E-state index contributed by atoms with van der Waals surface area (Å²) in [5.74, 6) is -0.184. The summed E-state index contributed by atoms with van der Waals surface area (Å²) in [7, 11) is 4.83. The van der Waals surface area contributed by atoms with E-state index >= 15 is 0 Å². The summed E-state index contributed by atoms with van der Waals surface area (Å²) in [6.45, 7) is 2.34. The molecular formula is C39H38N4O7. The van der Waals surface area contributed by atoms with Gasteiger partial charge >= 0.3 is 12.1 Å². The lowest BCUT2D eigenvalue weighted by atomic mass is 9.77. The van der Waals surface area contributed by atoms with Crippen molar-refractivity contribution in [3.63, 3.8) is 0 Å². The topological polar surface area (TPSA) is 132 Å². The number of alkyl carbamates (subject to hydrolysis) is 1. The van der Waals surface area contributed by atoms with Crippen molar-refractivity contribution >= 4 is 22.8 Å².